The maximum atomic E-state index is 13.6. The summed E-state index contributed by atoms with van der Waals surface area (Å²) >= 11 is 12.5. The second kappa shape index (κ2) is 12.6. The predicted octanol–water partition coefficient (Wildman–Crippen LogP) is 5.85. The highest BCUT2D eigenvalue weighted by atomic mass is 35.5. The second-order valence-electron chi connectivity index (χ2n) is 8.73. The van der Waals surface area contributed by atoms with Crippen LogP contribution in [0.25, 0.3) is 0 Å². The average molecular weight is 513 g/mol. The number of ether oxygens (including phenoxy) is 1. The number of nitrogens with zero attached hydrogens (tertiary/aromatic N) is 1. The number of carbonyl (C=O) groups is 2. The molecule has 1 N–H and O–H groups in total. The van der Waals surface area contributed by atoms with Gasteiger partial charge in [0.25, 0.3) is 5.91 Å². The number of nitrogens with one attached hydrogen (secondary N) is 1. The molecule has 0 fully saturated rings. The van der Waals surface area contributed by atoms with E-state index in [1.807, 2.05) is 69.3 Å². The third-order valence-corrected chi connectivity index (χ3v) is 6.00. The van der Waals surface area contributed by atoms with Crippen LogP contribution in [0.3, 0.4) is 0 Å². The first-order chi connectivity index (χ1) is 16.7. The van der Waals surface area contributed by atoms with Gasteiger partial charge in [0.15, 0.2) is 6.61 Å². The second-order valence-corrected chi connectivity index (χ2v) is 9.57. The molecule has 35 heavy (non-hydrogen) atoms. The summed E-state index contributed by atoms with van der Waals surface area (Å²) in [6.45, 7) is 5.65. The van der Waals surface area contributed by atoms with Crippen LogP contribution in [0, 0.1) is 6.92 Å². The summed E-state index contributed by atoms with van der Waals surface area (Å²) < 4.78 is 5.80. The highest BCUT2D eigenvalue weighted by molar-refractivity contribution is 6.35. The number of hydrogen-bond acceptors (Lipinski definition) is 3. The first-order valence-corrected chi connectivity index (χ1v) is 12.3. The maximum absolute atomic E-state index is 13.6. The van der Waals surface area contributed by atoms with Crippen LogP contribution in [0.1, 0.15) is 30.5 Å². The van der Waals surface area contributed by atoms with Gasteiger partial charge in [0.05, 0.1) is 0 Å². The Morgan fingerprint density at radius 2 is 1.71 bits per heavy atom. The van der Waals surface area contributed by atoms with E-state index >= 15 is 0 Å². The van der Waals surface area contributed by atoms with E-state index in [2.05, 4.69) is 5.32 Å². The van der Waals surface area contributed by atoms with Crippen LogP contribution in [0.5, 0.6) is 5.75 Å². The number of benzene rings is 3. The summed E-state index contributed by atoms with van der Waals surface area (Å²) in [7, 11) is 0. The fourth-order valence-corrected chi connectivity index (χ4v) is 4.17. The van der Waals surface area contributed by atoms with Crippen LogP contribution in [0.4, 0.5) is 0 Å². The average Bonchev–Trinajstić information content (AvgIpc) is 2.81. The van der Waals surface area contributed by atoms with Gasteiger partial charge in [-0.05, 0) is 61.7 Å². The van der Waals surface area contributed by atoms with Crippen molar-refractivity contribution in [2.45, 2.75) is 45.8 Å². The first kappa shape index (κ1) is 26.6. The van der Waals surface area contributed by atoms with E-state index in [1.165, 1.54) is 4.90 Å². The molecular weight excluding hydrogens is 483 g/mol. The third-order valence-electron chi connectivity index (χ3n) is 5.41. The molecule has 0 aromatic heterocycles. The highest BCUT2D eigenvalue weighted by Crippen LogP contribution is 2.24. The van der Waals surface area contributed by atoms with Crippen LogP contribution in [0.2, 0.25) is 10.0 Å². The van der Waals surface area contributed by atoms with Gasteiger partial charge >= 0.3 is 0 Å². The molecule has 0 spiro atoms. The fourth-order valence-electron chi connectivity index (χ4n) is 3.70. The molecule has 0 aliphatic rings. The standard InChI is InChI=1S/C28H30Cl2N2O3/c1-19(2)31-28(34)26(15-21-9-5-4-6-10-21)32(17-22-12-13-23(29)16-25(22)30)27(33)18-35-24-11-7-8-20(3)14-24/h4-14,16,19,26H,15,17-18H2,1-3H3,(H,31,34). The molecule has 0 bridgehead atoms. The summed E-state index contributed by atoms with van der Waals surface area (Å²) in [6, 6.07) is 21.4. The smallest absolute Gasteiger partial charge is 0.261 e. The molecule has 0 radical (unpaired) electrons. The van der Waals surface area contributed by atoms with Gasteiger partial charge in [-0.25, -0.2) is 0 Å². The van der Waals surface area contributed by atoms with E-state index in [-0.39, 0.29) is 31.0 Å². The minimum atomic E-state index is -0.764. The Balaban J connectivity index is 1.94. The summed E-state index contributed by atoms with van der Waals surface area (Å²) in [5.74, 6) is 0.0317. The zero-order valence-electron chi connectivity index (χ0n) is 20.1. The van der Waals surface area contributed by atoms with Gasteiger partial charge in [0, 0.05) is 29.1 Å². The van der Waals surface area contributed by atoms with E-state index in [0.717, 1.165) is 11.1 Å². The van der Waals surface area contributed by atoms with Gasteiger partial charge in [-0.3, -0.25) is 9.59 Å². The maximum Gasteiger partial charge on any atom is 0.261 e. The molecule has 3 rings (SSSR count). The van der Waals surface area contributed by atoms with Crippen molar-refractivity contribution in [1.29, 1.82) is 0 Å². The quantitative estimate of drug-likeness (QED) is 0.370. The lowest BCUT2D eigenvalue weighted by Crippen LogP contribution is -2.52. The number of halogens is 2. The van der Waals surface area contributed by atoms with E-state index < -0.39 is 6.04 Å². The zero-order chi connectivity index (χ0) is 25.4. The Kier molecular flexibility index (Phi) is 9.58. The zero-order valence-corrected chi connectivity index (χ0v) is 21.6. The van der Waals surface area contributed by atoms with Gasteiger partial charge in [-0.2, -0.15) is 0 Å². The number of hydrogen-bond donors (Lipinski definition) is 1. The van der Waals surface area contributed by atoms with Gasteiger partial charge in [0.2, 0.25) is 5.91 Å². The molecular formula is C28H30Cl2N2O3. The van der Waals surface area contributed by atoms with Crippen LogP contribution in [-0.2, 0) is 22.6 Å². The SMILES string of the molecule is Cc1cccc(OCC(=O)N(Cc2ccc(Cl)cc2Cl)C(Cc2ccccc2)C(=O)NC(C)C)c1. The number of rotatable bonds is 10. The normalized spacial score (nSPS) is 11.7. The molecule has 5 nitrogen and oxygen atoms in total. The molecule has 0 aliphatic carbocycles. The minimum Gasteiger partial charge on any atom is -0.484 e. The van der Waals surface area contributed by atoms with Gasteiger partial charge in [-0.15, -0.1) is 0 Å². The Morgan fingerprint density at radius 3 is 2.37 bits per heavy atom. The van der Waals surface area contributed by atoms with Crippen molar-refractivity contribution in [1.82, 2.24) is 10.2 Å². The van der Waals surface area contributed by atoms with Crippen molar-refractivity contribution >= 4 is 35.0 Å². The van der Waals surface area contributed by atoms with Crippen LogP contribution < -0.4 is 10.1 Å². The topological polar surface area (TPSA) is 58.6 Å². The summed E-state index contributed by atoms with van der Waals surface area (Å²) in [6.07, 6.45) is 0.348. The molecule has 3 aromatic rings. The first-order valence-electron chi connectivity index (χ1n) is 11.5. The Bertz CT molecular complexity index is 1150. The van der Waals surface area contributed by atoms with Crippen molar-refractivity contribution in [3.05, 3.63) is 99.5 Å². The molecule has 184 valence electrons. The molecule has 0 aliphatic heterocycles. The molecule has 0 heterocycles. The molecule has 3 aromatic carbocycles. The summed E-state index contributed by atoms with van der Waals surface area (Å²) in [5.41, 5.74) is 2.66. The third kappa shape index (κ3) is 8.01. The number of carbonyl (C=O) groups excluding carboxylic acids is 2. The monoisotopic (exact) mass is 512 g/mol. The van der Waals surface area contributed by atoms with Gasteiger partial charge in [-0.1, -0.05) is 71.7 Å². The van der Waals surface area contributed by atoms with Crippen molar-refractivity contribution in [3.63, 3.8) is 0 Å². The van der Waals surface area contributed by atoms with E-state index in [4.69, 9.17) is 27.9 Å². The predicted molar refractivity (Wildman–Crippen MR) is 141 cm³/mol. The summed E-state index contributed by atoms with van der Waals surface area (Å²) in [4.78, 5) is 28.4. The lowest BCUT2D eigenvalue weighted by atomic mass is 10.0. The Labute approximate surface area is 217 Å². The van der Waals surface area contributed by atoms with Gasteiger partial charge < -0.3 is 15.0 Å². The van der Waals surface area contributed by atoms with Crippen LogP contribution >= 0.6 is 23.2 Å². The lowest BCUT2D eigenvalue weighted by Gasteiger charge is -2.32. The van der Waals surface area contributed by atoms with Crippen molar-refractivity contribution < 1.29 is 14.3 Å². The molecule has 0 saturated heterocycles. The molecule has 7 heteroatoms. The number of aryl methyl sites for hydroxylation is 1. The lowest BCUT2D eigenvalue weighted by molar-refractivity contribution is -0.143. The van der Waals surface area contributed by atoms with Crippen molar-refractivity contribution in [3.8, 4) is 5.75 Å². The van der Waals surface area contributed by atoms with E-state index in [0.29, 0.717) is 27.8 Å². The van der Waals surface area contributed by atoms with E-state index in [1.54, 1.807) is 24.3 Å². The molecule has 0 saturated carbocycles. The molecule has 1 atom stereocenters. The fraction of sp³-hybridized carbons (Fsp3) is 0.286. The van der Waals surface area contributed by atoms with Crippen molar-refractivity contribution in [2.24, 2.45) is 0 Å². The largest absolute Gasteiger partial charge is 0.484 e. The minimum absolute atomic E-state index is 0.0830. The Hall–Kier alpha value is -3.02. The Morgan fingerprint density at radius 1 is 0.971 bits per heavy atom. The molecule has 1 unspecified atom stereocenters. The number of amides is 2. The molecule has 2 amide bonds. The summed E-state index contributed by atoms with van der Waals surface area (Å²) in [5, 5.41) is 3.89. The van der Waals surface area contributed by atoms with Gasteiger partial charge in [0.1, 0.15) is 11.8 Å². The van der Waals surface area contributed by atoms with E-state index in [9.17, 15) is 9.59 Å². The van der Waals surface area contributed by atoms with Crippen molar-refractivity contribution in [2.75, 3.05) is 6.61 Å². The van der Waals surface area contributed by atoms with Crippen LogP contribution in [-0.4, -0.2) is 35.4 Å². The van der Waals surface area contributed by atoms with Crippen LogP contribution in [0.15, 0.2) is 72.8 Å². The highest BCUT2D eigenvalue weighted by Gasteiger charge is 2.31.